The van der Waals surface area contributed by atoms with Crippen molar-refractivity contribution < 1.29 is 14.0 Å². The highest BCUT2D eigenvalue weighted by Gasteiger charge is 2.33. The van der Waals surface area contributed by atoms with Gasteiger partial charge in [0.25, 0.3) is 0 Å². The Hall–Kier alpha value is -3.17. The van der Waals surface area contributed by atoms with E-state index in [1.54, 1.807) is 6.07 Å². The summed E-state index contributed by atoms with van der Waals surface area (Å²) in [5.41, 5.74) is 3.82. The van der Waals surface area contributed by atoms with Gasteiger partial charge in [0, 0.05) is 69.9 Å². The van der Waals surface area contributed by atoms with Gasteiger partial charge in [-0.25, -0.2) is 4.39 Å². The number of piperazine rings is 1. The van der Waals surface area contributed by atoms with E-state index in [1.807, 2.05) is 29.9 Å². The number of carbonyl (C=O) groups excluding carboxylic acids is 2. The van der Waals surface area contributed by atoms with Crippen LogP contribution in [-0.2, 0) is 16.6 Å². The number of aryl methyl sites for hydroxylation is 1. The number of carbonyl (C=O) groups is 2. The van der Waals surface area contributed by atoms with Crippen LogP contribution in [0.4, 0.5) is 15.8 Å². The number of fused-ring (bicyclic) bond motifs is 1. The zero-order chi connectivity index (χ0) is 26.4. The van der Waals surface area contributed by atoms with Crippen LogP contribution in [-0.4, -0.2) is 71.8 Å². The molecule has 0 radical (unpaired) electrons. The third-order valence-corrected chi connectivity index (χ3v) is 8.65. The summed E-state index contributed by atoms with van der Waals surface area (Å²) in [6.07, 6.45) is 2.94. The van der Waals surface area contributed by atoms with Crippen LogP contribution >= 0.6 is 11.6 Å². The molecule has 6 rings (SSSR count). The predicted molar refractivity (Wildman–Crippen MR) is 146 cm³/mol. The van der Waals surface area contributed by atoms with E-state index in [4.69, 9.17) is 16.7 Å². The third kappa shape index (κ3) is 4.62. The van der Waals surface area contributed by atoms with Crippen LogP contribution in [0.15, 0.2) is 36.4 Å². The van der Waals surface area contributed by atoms with Crippen molar-refractivity contribution in [2.24, 2.45) is 7.05 Å². The van der Waals surface area contributed by atoms with Crippen LogP contribution in [0.2, 0.25) is 5.02 Å². The Balaban J connectivity index is 1.12. The van der Waals surface area contributed by atoms with Gasteiger partial charge in [-0.2, -0.15) is 5.10 Å². The molecule has 0 aliphatic carbocycles. The first kappa shape index (κ1) is 25.1. The first-order valence-corrected chi connectivity index (χ1v) is 13.7. The zero-order valence-electron chi connectivity index (χ0n) is 21.5. The highest BCUT2D eigenvalue weighted by Crippen LogP contribution is 2.35. The van der Waals surface area contributed by atoms with E-state index in [9.17, 15) is 14.0 Å². The molecule has 200 valence electrons. The average Bonchev–Trinajstić information content (AvgIpc) is 3.27. The number of benzene rings is 2. The lowest BCUT2D eigenvalue weighted by Gasteiger charge is -2.44. The number of nitrogens with one attached hydrogen (secondary N) is 1. The van der Waals surface area contributed by atoms with Crippen molar-refractivity contribution >= 4 is 45.7 Å². The molecule has 0 bridgehead atoms. The fourth-order valence-corrected chi connectivity index (χ4v) is 6.43. The van der Waals surface area contributed by atoms with Gasteiger partial charge in [-0.1, -0.05) is 23.7 Å². The molecule has 0 saturated carbocycles. The second kappa shape index (κ2) is 10.2. The molecule has 1 unspecified atom stereocenters. The van der Waals surface area contributed by atoms with E-state index < -0.39 is 5.92 Å². The molecule has 1 N–H and O–H groups in total. The maximum Gasteiger partial charge on any atom is 0.235 e. The quantitative estimate of drug-likeness (QED) is 0.511. The standard InChI is InChI=1S/C28H32ClFN6O2/c1-33-27-20(26(32-33)21-6-8-25(37)31-28(21)38)3-2-4-24(27)36-15-13-35(14-16-36)18-9-11-34(12-10-18)19-5-7-22(29)23(30)17-19/h2-5,7,17-18,21H,6,8-16H2,1H3,(H,31,37,38). The Morgan fingerprint density at radius 3 is 2.45 bits per heavy atom. The molecule has 1 atom stereocenters. The van der Waals surface area contributed by atoms with E-state index in [0.717, 1.165) is 80.1 Å². The summed E-state index contributed by atoms with van der Waals surface area (Å²) in [7, 11) is 1.93. The summed E-state index contributed by atoms with van der Waals surface area (Å²) < 4.78 is 15.8. The van der Waals surface area contributed by atoms with Crippen molar-refractivity contribution in [1.29, 1.82) is 0 Å². The van der Waals surface area contributed by atoms with Crippen molar-refractivity contribution in [3.05, 3.63) is 52.9 Å². The van der Waals surface area contributed by atoms with E-state index >= 15 is 0 Å². The number of rotatable bonds is 4. The van der Waals surface area contributed by atoms with Crippen LogP contribution in [0.3, 0.4) is 0 Å². The number of piperidine rings is 2. The van der Waals surface area contributed by atoms with Crippen molar-refractivity contribution in [3.63, 3.8) is 0 Å². The molecule has 3 aromatic rings. The van der Waals surface area contributed by atoms with Gasteiger partial charge in [-0.15, -0.1) is 0 Å². The minimum Gasteiger partial charge on any atom is -0.371 e. The van der Waals surface area contributed by atoms with Crippen molar-refractivity contribution in [2.45, 2.75) is 37.6 Å². The molecule has 3 fully saturated rings. The summed E-state index contributed by atoms with van der Waals surface area (Å²) in [5, 5.41) is 8.35. The van der Waals surface area contributed by atoms with E-state index in [-0.39, 0.29) is 22.7 Å². The smallest absolute Gasteiger partial charge is 0.235 e. The van der Waals surface area contributed by atoms with Gasteiger partial charge < -0.3 is 9.80 Å². The van der Waals surface area contributed by atoms with Gasteiger partial charge in [0.15, 0.2) is 0 Å². The summed E-state index contributed by atoms with van der Waals surface area (Å²) in [4.78, 5) is 31.4. The highest BCUT2D eigenvalue weighted by atomic mass is 35.5. The number of amides is 2. The van der Waals surface area contributed by atoms with E-state index in [1.165, 1.54) is 6.07 Å². The van der Waals surface area contributed by atoms with Gasteiger partial charge in [-0.05, 0) is 43.5 Å². The lowest BCUT2D eigenvalue weighted by Crippen LogP contribution is -2.53. The molecule has 2 amide bonds. The van der Waals surface area contributed by atoms with Crippen LogP contribution < -0.4 is 15.1 Å². The second-order valence-electron chi connectivity index (χ2n) is 10.5. The topological polar surface area (TPSA) is 73.7 Å². The monoisotopic (exact) mass is 538 g/mol. The lowest BCUT2D eigenvalue weighted by atomic mass is 9.92. The number of para-hydroxylation sites is 1. The van der Waals surface area contributed by atoms with Gasteiger partial charge in [-0.3, -0.25) is 24.5 Å². The largest absolute Gasteiger partial charge is 0.371 e. The van der Waals surface area contributed by atoms with Gasteiger partial charge in [0.1, 0.15) is 5.82 Å². The molecule has 0 spiro atoms. The minimum atomic E-state index is -0.404. The first-order chi connectivity index (χ1) is 18.4. The van der Waals surface area contributed by atoms with Gasteiger partial charge >= 0.3 is 0 Å². The van der Waals surface area contributed by atoms with Crippen LogP contribution in [0, 0.1) is 5.82 Å². The molecule has 3 aliphatic heterocycles. The number of halogens is 2. The normalized spacial score (nSPS) is 21.8. The third-order valence-electron chi connectivity index (χ3n) is 8.35. The van der Waals surface area contributed by atoms with Crippen molar-refractivity contribution in [2.75, 3.05) is 49.1 Å². The fourth-order valence-electron chi connectivity index (χ4n) is 6.31. The number of nitrogens with zero attached hydrogens (tertiary/aromatic N) is 5. The first-order valence-electron chi connectivity index (χ1n) is 13.4. The minimum absolute atomic E-state index is 0.163. The van der Waals surface area contributed by atoms with Crippen LogP contribution in [0.25, 0.3) is 10.9 Å². The zero-order valence-corrected chi connectivity index (χ0v) is 22.3. The summed E-state index contributed by atoms with van der Waals surface area (Å²) in [5.74, 6) is -1.24. The molecular weight excluding hydrogens is 507 g/mol. The summed E-state index contributed by atoms with van der Waals surface area (Å²) >= 11 is 5.85. The Bertz CT molecular complexity index is 1380. The molecule has 10 heteroatoms. The summed E-state index contributed by atoms with van der Waals surface area (Å²) in [6, 6.07) is 11.8. The van der Waals surface area contributed by atoms with E-state index in [0.29, 0.717) is 18.9 Å². The molecular formula is C28H32ClFN6O2. The predicted octanol–water partition coefficient (Wildman–Crippen LogP) is 3.68. The highest BCUT2D eigenvalue weighted by molar-refractivity contribution is 6.30. The van der Waals surface area contributed by atoms with Crippen LogP contribution in [0.5, 0.6) is 0 Å². The second-order valence-corrected chi connectivity index (χ2v) is 10.9. The molecule has 1 aromatic heterocycles. The Morgan fingerprint density at radius 1 is 0.974 bits per heavy atom. The van der Waals surface area contributed by atoms with Crippen LogP contribution in [0.1, 0.15) is 37.3 Å². The molecule has 38 heavy (non-hydrogen) atoms. The Kier molecular flexibility index (Phi) is 6.74. The molecule has 8 nitrogen and oxygen atoms in total. The van der Waals surface area contributed by atoms with Gasteiger partial charge in [0.05, 0.1) is 27.8 Å². The number of imide groups is 1. The van der Waals surface area contributed by atoms with Gasteiger partial charge in [0.2, 0.25) is 11.8 Å². The Labute approximate surface area is 226 Å². The van der Waals surface area contributed by atoms with Crippen molar-refractivity contribution in [3.8, 4) is 0 Å². The maximum absolute atomic E-state index is 13.9. The summed E-state index contributed by atoms with van der Waals surface area (Å²) in [6.45, 7) is 5.61. The molecule has 3 aliphatic rings. The maximum atomic E-state index is 13.9. The average molecular weight is 539 g/mol. The molecule has 3 saturated heterocycles. The SMILES string of the molecule is Cn1nc(C2CCC(=O)NC2=O)c2cccc(N3CCN(C4CCN(c5ccc(Cl)c(F)c5)CC4)CC3)c21. The number of aromatic nitrogens is 2. The van der Waals surface area contributed by atoms with E-state index in [2.05, 4.69) is 26.1 Å². The number of anilines is 2. The Morgan fingerprint density at radius 2 is 1.74 bits per heavy atom. The number of hydrogen-bond acceptors (Lipinski definition) is 6. The van der Waals surface area contributed by atoms with Crippen molar-refractivity contribution in [1.82, 2.24) is 20.0 Å². The molecule has 2 aromatic carbocycles. The number of hydrogen-bond donors (Lipinski definition) is 1. The fraction of sp³-hybridized carbons (Fsp3) is 0.464. The lowest BCUT2D eigenvalue weighted by molar-refractivity contribution is -0.134. The molecule has 4 heterocycles.